The van der Waals surface area contributed by atoms with Crippen LogP contribution in [0.15, 0.2) is 18.2 Å². The Morgan fingerprint density at radius 1 is 1.19 bits per heavy atom. The molecular weight excluding hydrogens is 262 g/mol. The highest BCUT2D eigenvalue weighted by Gasteiger charge is 2.44. The van der Waals surface area contributed by atoms with Crippen LogP contribution in [0.5, 0.6) is 11.5 Å². The summed E-state index contributed by atoms with van der Waals surface area (Å²) in [6.45, 7) is 6.85. The number of hydrogen-bond acceptors (Lipinski definition) is 3. The third-order valence-electron chi connectivity index (χ3n) is 5.03. The van der Waals surface area contributed by atoms with Crippen molar-refractivity contribution < 1.29 is 9.47 Å². The lowest BCUT2D eigenvalue weighted by Gasteiger charge is -2.46. The van der Waals surface area contributed by atoms with Gasteiger partial charge in [-0.05, 0) is 42.7 Å². The van der Waals surface area contributed by atoms with Crippen LogP contribution < -0.4 is 15.2 Å². The molecule has 0 heterocycles. The van der Waals surface area contributed by atoms with Crippen LogP contribution >= 0.6 is 0 Å². The van der Waals surface area contributed by atoms with Crippen LogP contribution in [-0.2, 0) is 5.54 Å². The van der Waals surface area contributed by atoms with Gasteiger partial charge in [-0.2, -0.15) is 0 Å². The van der Waals surface area contributed by atoms with E-state index in [0.29, 0.717) is 17.8 Å². The molecule has 21 heavy (non-hydrogen) atoms. The first-order valence-corrected chi connectivity index (χ1v) is 7.93. The van der Waals surface area contributed by atoms with Crippen molar-refractivity contribution >= 4 is 0 Å². The Balaban J connectivity index is 2.48. The molecule has 0 bridgehead atoms. The minimum atomic E-state index is -0.316. The second kappa shape index (κ2) is 6.27. The van der Waals surface area contributed by atoms with Gasteiger partial charge >= 0.3 is 0 Å². The normalized spacial score (nSPS) is 29.5. The quantitative estimate of drug-likeness (QED) is 0.913. The van der Waals surface area contributed by atoms with Crippen LogP contribution in [-0.4, -0.2) is 14.2 Å². The second-order valence-corrected chi connectivity index (χ2v) is 6.84. The van der Waals surface area contributed by atoms with E-state index in [2.05, 4.69) is 26.8 Å². The number of ether oxygens (including phenoxy) is 2. The minimum Gasteiger partial charge on any atom is -0.497 e. The van der Waals surface area contributed by atoms with Gasteiger partial charge in [-0.25, -0.2) is 0 Å². The Hall–Kier alpha value is -1.22. The van der Waals surface area contributed by atoms with Gasteiger partial charge in [-0.15, -0.1) is 0 Å². The molecule has 118 valence electrons. The number of benzene rings is 1. The zero-order valence-electron chi connectivity index (χ0n) is 14.0. The summed E-state index contributed by atoms with van der Waals surface area (Å²) in [4.78, 5) is 0. The highest BCUT2D eigenvalue weighted by Crippen LogP contribution is 2.48. The van der Waals surface area contributed by atoms with Gasteiger partial charge in [0.15, 0.2) is 0 Å². The van der Waals surface area contributed by atoms with Crippen molar-refractivity contribution in [2.45, 2.75) is 45.6 Å². The zero-order chi connectivity index (χ0) is 15.6. The van der Waals surface area contributed by atoms with Gasteiger partial charge < -0.3 is 15.2 Å². The standard InChI is InChI=1S/C18H29NO2/c1-12(2)15-8-6-13(3)11-18(15,19)16-9-7-14(20-4)10-17(16)21-5/h7,9-10,12-13,15H,6,8,11,19H2,1-5H3. The molecule has 1 saturated carbocycles. The van der Waals surface area contributed by atoms with Gasteiger partial charge in [0, 0.05) is 17.2 Å². The first-order valence-electron chi connectivity index (χ1n) is 7.93. The summed E-state index contributed by atoms with van der Waals surface area (Å²) in [5, 5.41) is 0. The molecule has 1 aliphatic carbocycles. The van der Waals surface area contributed by atoms with E-state index < -0.39 is 0 Å². The van der Waals surface area contributed by atoms with Crippen molar-refractivity contribution in [3.05, 3.63) is 23.8 Å². The molecule has 1 aromatic carbocycles. The van der Waals surface area contributed by atoms with Gasteiger partial charge in [-0.1, -0.05) is 27.2 Å². The SMILES string of the molecule is COc1ccc(C2(N)CC(C)CCC2C(C)C)c(OC)c1. The maximum atomic E-state index is 6.96. The summed E-state index contributed by atoms with van der Waals surface area (Å²) in [7, 11) is 3.38. The fourth-order valence-corrected chi connectivity index (χ4v) is 3.97. The molecule has 2 N–H and O–H groups in total. The Morgan fingerprint density at radius 3 is 2.48 bits per heavy atom. The van der Waals surface area contributed by atoms with Crippen LogP contribution in [0.1, 0.15) is 45.6 Å². The van der Waals surface area contributed by atoms with E-state index in [4.69, 9.17) is 15.2 Å². The van der Waals surface area contributed by atoms with Gasteiger partial charge in [0.1, 0.15) is 11.5 Å². The number of methoxy groups -OCH3 is 2. The Morgan fingerprint density at radius 2 is 1.90 bits per heavy atom. The molecule has 2 rings (SSSR count). The molecule has 0 radical (unpaired) electrons. The Bertz CT molecular complexity index is 486. The molecule has 0 aliphatic heterocycles. The first kappa shape index (κ1) is 16.2. The fraction of sp³-hybridized carbons (Fsp3) is 0.667. The molecule has 3 unspecified atom stereocenters. The predicted molar refractivity (Wildman–Crippen MR) is 86.8 cm³/mol. The van der Waals surface area contributed by atoms with Crippen LogP contribution in [0.3, 0.4) is 0 Å². The lowest BCUT2D eigenvalue weighted by atomic mass is 9.62. The summed E-state index contributed by atoms with van der Waals surface area (Å²) in [5.74, 6) is 3.35. The largest absolute Gasteiger partial charge is 0.497 e. The summed E-state index contributed by atoms with van der Waals surface area (Å²) in [6.07, 6.45) is 3.46. The maximum Gasteiger partial charge on any atom is 0.127 e. The van der Waals surface area contributed by atoms with E-state index in [-0.39, 0.29) is 5.54 Å². The van der Waals surface area contributed by atoms with Gasteiger partial charge in [0.25, 0.3) is 0 Å². The topological polar surface area (TPSA) is 44.5 Å². The van der Waals surface area contributed by atoms with E-state index in [0.717, 1.165) is 23.5 Å². The van der Waals surface area contributed by atoms with Crippen LogP contribution in [0.2, 0.25) is 0 Å². The van der Waals surface area contributed by atoms with E-state index in [1.54, 1.807) is 14.2 Å². The van der Waals surface area contributed by atoms with E-state index >= 15 is 0 Å². The molecule has 1 fully saturated rings. The highest BCUT2D eigenvalue weighted by atomic mass is 16.5. The third-order valence-corrected chi connectivity index (χ3v) is 5.03. The molecule has 1 aromatic rings. The average molecular weight is 291 g/mol. The lowest BCUT2D eigenvalue weighted by molar-refractivity contribution is 0.106. The maximum absolute atomic E-state index is 6.96. The molecule has 3 heteroatoms. The highest BCUT2D eigenvalue weighted by molar-refractivity contribution is 5.45. The van der Waals surface area contributed by atoms with E-state index in [9.17, 15) is 0 Å². The number of hydrogen-bond donors (Lipinski definition) is 1. The van der Waals surface area contributed by atoms with Crippen molar-refractivity contribution in [1.29, 1.82) is 0 Å². The first-order chi connectivity index (χ1) is 9.92. The van der Waals surface area contributed by atoms with Crippen molar-refractivity contribution in [1.82, 2.24) is 0 Å². The smallest absolute Gasteiger partial charge is 0.127 e. The summed E-state index contributed by atoms with van der Waals surface area (Å²) < 4.78 is 10.9. The van der Waals surface area contributed by atoms with E-state index in [1.807, 2.05) is 12.1 Å². The number of rotatable bonds is 4. The molecule has 0 aromatic heterocycles. The fourth-order valence-electron chi connectivity index (χ4n) is 3.97. The monoisotopic (exact) mass is 291 g/mol. The molecule has 0 amide bonds. The van der Waals surface area contributed by atoms with Gasteiger partial charge in [-0.3, -0.25) is 0 Å². The minimum absolute atomic E-state index is 0.316. The summed E-state index contributed by atoms with van der Waals surface area (Å²) >= 11 is 0. The molecule has 0 saturated heterocycles. The van der Waals surface area contributed by atoms with Crippen LogP contribution in [0.4, 0.5) is 0 Å². The second-order valence-electron chi connectivity index (χ2n) is 6.84. The van der Waals surface area contributed by atoms with Crippen molar-refractivity contribution in [3.63, 3.8) is 0 Å². The molecule has 1 aliphatic rings. The lowest BCUT2D eigenvalue weighted by Crippen LogP contribution is -2.50. The summed E-state index contributed by atoms with van der Waals surface area (Å²) in [5.41, 5.74) is 7.77. The summed E-state index contributed by atoms with van der Waals surface area (Å²) in [6, 6.07) is 6.02. The molecule has 3 atom stereocenters. The molecular formula is C18H29NO2. The Labute approximate surface area is 128 Å². The van der Waals surface area contributed by atoms with Crippen LogP contribution in [0.25, 0.3) is 0 Å². The Kier molecular flexibility index (Phi) is 4.82. The van der Waals surface area contributed by atoms with Crippen LogP contribution in [0, 0.1) is 17.8 Å². The van der Waals surface area contributed by atoms with E-state index in [1.165, 1.54) is 12.8 Å². The third kappa shape index (κ3) is 3.03. The van der Waals surface area contributed by atoms with Gasteiger partial charge in [0.2, 0.25) is 0 Å². The molecule has 3 nitrogen and oxygen atoms in total. The van der Waals surface area contributed by atoms with Crippen molar-refractivity contribution in [2.75, 3.05) is 14.2 Å². The van der Waals surface area contributed by atoms with Crippen molar-refractivity contribution in [3.8, 4) is 11.5 Å². The number of nitrogens with two attached hydrogens (primary N) is 1. The predicted octanol–water partition coefficient (Wildman–Crippen LogP) is 3.95. The average Bonchev–Trinajstić information content (AvgIpc) is 2.45. The van der Waals surface area contributed by atoms with Gasteiger partial charge in [0.05, 0.1) is 14.2 Å². The zero-order valence-corrected chi connectivity index (χ0v) is 14.0. The van der Waals surface area contributed by atoms with Crippen molar-refractivity contribution in [2.24, 2.45) is 23.5 Å². The molecule has 0 spiro atoms.